The normalized spacial score (nSPS) is 11.3. The topological polar surface area (TPSA) is 129 Å². The summed E-state index contributed by atoms with van der Waals surface area (Å²) in [5, 5.41) is 24.3. The van der Waals surface area contributed by atoms with Gasteiger partial charge >= 0.3 is 5.97 Å². The van der Waals surface area contributed by atoms with Gasteiger partial charge in [0.25, 0.3) is 0 Å². The van der Waals surface area contributed by atoms with E-state index in [4.69, 9.17) is 4.42 Å². The molecule has 1 aliphatic heterocycles. The lowest BCUT2D eigenvalue weighted by Crippen LogP contribution is -2.29. The highest BCUT2D eigenvalue weighted by Crippen LogP contribution is 2.42. The Morgan fingerprint density at radius 3 is 2.23 bits per heavy atom. The first-order chi connectivity index (χ1) is 20.9. The Kier molecular flexibility index (Phi) is 7.80. The molecule has 2 aromatic carbocycles. The second kappa shape index (κ2) is 12.1. The van der Waals surface area contributed by atoms with Gasteiger partial charge in [0, 0.05) is 72.9 Å². The summed E-state index contributed by atoms with van der Waals surface area (Å²) in [4.78, 5) is 35.8. The smallest absolute Gasteiger partial charge is 0.336 e. The maximum absolute atomic E-state index is 12.6. The Labute approximate surface area is 247 Å². The van der Waals surface area contributed by atoms with Gasteiger partial charge < -0.3 is 19.9 Å². The van der Waals surface area contributed by atoms with Crippen molar-refractivity contribution < 1.29 is 19.4 Å². The third kappa shape index (κ3) is 6.22. The molecule has 1 aliphatic carbocycles. The molecular weight excluding hydrogens is 544 g/mol. The Morgan fingerprint density at radius 1 is 0.837 bits per heavy atom. The van der Waals surface area contributed by atoms with Gasteiger partial charge in [-0.2, -0.15) is 0 Å². The quantitative estimate of drug-likeness (QED) is 0.173. The van der Waals surface area contributed by atoms with Crippen LogP contribution in [-0.4, -0.2) is 44.1 Å². The van der Waals surface area contributed by atoms with Crippen LogP contribution in [0.15, 0.2) is 113 Å². The molecule has 6 rings (SSSR count). The number of nitrogens with zero attached hydrogens (tertiary/aromatic N) is 3. The van der Waals surface area contributed by atoms with E-state index in [1.54, 1.807) is 36.7 Å². The van der Waals surface area contributed by atoms with E-state index < -0.39 is 5.97 Å². The fourth-order valence-corrected chi connectivity index (χ4v) is 5.21. The van der Waals surface area contributed by atoms with Crippen molar-refractivity contribution in [1.82, 2.24) is 14.9 Å². The summed E-state index contributed by atoms with van der Waals surface area (Å²) in [5.41, 5.74) is 4.43. The molecule has 0 saturated heterocycles. The average molecular weight is 573 g/mol. The van der Waals surface area contributed by atoms with Gasteiger partial charge in [0.15, 0.2) is 5.43 Å². The Balaban J connectivity index is 1.29. The molecule has 0 atom stereocenters. The Bertz CT molecular complexity index is 1880. The zero-order valence-electron chi connectivity index (χ0n) is 23.1. The van der Waals surface area contributed by atoms with Crippen molar-refractivity contribution >= 4 is 22.6 Å². The van der Waals surface area contributed by atoms with Gasteiger partial charge in [0.2, 0.25) is 0 Å². The molecule has 0 saturated carbocycles. The number of nitrogens with one attached hydrogen (secondary N) is 1. The molecule has 0 amide bonds. The van der Waals surface area contributed by atoms with Gasteiger partial charge in [-0.1, -0.05) is 18.2 Å². The minimum absolute atomic E-state index is 0.00188. The van der Waals surface area contributed by atoms with Gasteiger partial charge in [-0.3, -0.25) is 19.7 Å². The van der Waals surface area contributed by atoms with Crippen molar-refractivity contribution in [2.45, 2.75) is 13.1 Å². The maximum atomic E-state index is 12.6. The lowest BCUT2D eigenvalue weighted by atomic mass is 9.90. The van der Waals surface area contributed by atoms with E-state index in [0.717, 1.165) is 11.4 Å². The fraction of sp³-hybridized carbons (Fsp3) is 0.118. The summed E-state index contributed by atoms with van der Waals surface area (Å²) in [5.74, 6) is -0.787. The molecule has 214 valence electrons. The van der Waals surface area contributed by atoms with E-state index in [0.29, 0.717) is 65.3 Å². The first kappa shape index (κ1) is 27.6. The fourth-order valence-electron chi connectivity index (χ4n) is 5.21. The molecule has 3 heterocycles. The number of anilines is 1. The van der Waals surface area contributed by atoms with Crippen LogP contribution in [0.1, 0.15) is 21.7 Å². The van der Waals surface area contributed by atoms with E-state index >= 15 is 0 Å². The van der Waals surface area contributed by atoms with Crippen LogP contribution in [0.5, 0.6) is 5.75 Å². The standard InChI is InChI=1S/C34H28N4O5/c39-25-8-11-28-31(18-25)43-32-19-26(40)9-12-29(32)33(28)27-10-7-22(17-30(27)34(41)42)37-15-16-38(20-23-5-1-3-13-35-23)21-24-6-2-4-14-36-24/h1-14,17-19,37,39H,15-16,20-21H2,(H,41,42). The molecule has 0 bridgehead atoms. The number of phenols is 1. The van der Waals surface area contributed by atoms with Crippen LogP contribution < -0.4 is 10.7 Å². The predicted octanol–water partition coefficient (Wildman–Crippen LogP) is 5.87. The number of hydrogen-bond acceptors (Lipinski definition) is 8. The van der Waals surface area contributed by atoms with Crippen LogP contribution in [0.25, 0.3) is 33.4 Å². The summed E-state index contributed by atoms with van der Waals surface area (Å²) in [6, 6.07) is 26.0. The number of pyridine rings is 2. The van der Waals surface area contributed by atoms with Gasteiger partial charge in [-0.15, -0.1) is 0 Å². The molecular formula is C34H28N4O5. The lowest BCUT2D eigenvalue weighted by Gasteiger charge is -2.22. The number of aromatic nitrogens is 2. The van der Waals surface area contributed by atoms with Gasteiger partial charge in [0.05, 0.1) is 17.0 Å². The third-order valence-corrected chi connectivity index (χ3v) is 7.18. The lowest BCUT2D eigenvalue weighted by molar-refractivity contribution is 0.0697. The summed E-state index contributed by atoms with van der Waals surface area (Å²) >= 11 is 0. The number of phenolic OH excluding ortho intramolecular Hbond substituents is 1. The van der Waals surface area contributed by atoms with Crippen molar-refractivity contribution in [3.8, 4) is 28.2 Å². The van der Waals surface area contributed by atoms with E-state index in [1.807, 2.05) is 42.5 Å². The monoisotopic (exact) mass is 572 g/mol. The summed E-state index contributed by atoms with van der Waals surface area (Å²) in [6.45, 7) is 2.49. The first-order valence-corrected chi connectivity index (χ1v) is 13.8. The zero-order chi connectivity index (χ0) is 29.8. The Morgan fingerprint density at radius 2 is 1.56 bits per heavy atom. The van der Waals surface area contributed by atoms with Crippen molar-refractivity contribution in [2.24, 2.45) is 0 Å². The summed E-state index contributed by atoms with van der Waals surface area (Å²) in [6.07, 6.45) is 3.55. The van der Waals surface area contributed by atoms with Crippen molar-refractivity contribution in [3.05, 3.63) is 131 Å². The number of carbonyl (C=O) groups is 1. The molecule has 0 unspecified atom stereocenters. The molecule has 0 radical (unpaired) electrons. The number of benzene rings is 3. The molecule has 2 aromatic heterocycles. The van der Waals surface area contributed by atoms with E-state index in [-0.39, 0.29) is 16.7 Å². The van der Waals surface area contributed by atoms with E-state index in [1.165, 1.54) is 24.3 Å². The number of fused-ring (bicyclic) bond motifs is 2. The third-order valence-electron chi connectivity index (χ3n) is 7.18. The maximum Gasteiger partial charge on any atom is 0.336 e. The van der Waals surface area contributed by atoms with Crippen molar-refractivity contribution in [2.75, 3.05) is 18.4 Å². The minimum atomic E-state index is -1.09. The zero-order valence-corrected chi connectivity index (χ0v) is 23.1. The van der Waals surface area contributed by atoms with Crippen molar-refractivity contribution in [1.29, 1.82) is 0 Å². The highest BCUT2D eigenvalue weighted by Gasteiger charge is 2.22. The molecule has 0 fully saturated rings. The van der Waals surface area contributed by atoms with Crippen molar-refractivity contribution in [3.63, 3.8) is 0 Å². The van der Waals surface area contributed by atoms with Crippen LogP contribution in [0.2, 0.25) is 0 Å². The number of carboxylic acid groups (broad SMARTS) is 1. The van der Waals surface area contributed by atoms with Crippen LogP contribution in [0, 0.1) is 0 Å². The average Bonchev–Trinajstić information content (AvgIpc) is 3.01. The molecule has 3 N–H and O–H groups in total. The van der Waals surface area contributed by atoms with E-state index in [2.05, 4.69) is 20.2 Å². The van der Waals surface area contributed by atoms with Crippen LogP contribution in [-0.2, 0) is 13.1 Å². The largest absolute Gasteiger partial charge is 0.508 e. The van der Waals surface area contributed by atoms with Crippen LogP contribution in [0.4, 0.5) is 5.69 Å². The highest BCUT2D eigenvalue weighted by molar-refractivity contribution is 6.08. The molecule has 9 heteroatoms. The molecule has 43 heavy (non-hydrogen) atoms. The minimum Gasteiger partial charge on any atom is -0.508 e. The molecule has 9 nitrogen and oxygen atoms in total. The van der Waals surface area contributed by atoms with Gasteiger partial charge in [-0.25, -0.2) is 4.79 Å². The first-order valence-electron chi connectivity index (χ1n) is 13.8. The second-order valence-electron chi connectivity index (χ2n) is 10.2. The second-order valence-corrected chi connectivity index (χ2v) is 10.2. The number of rotatable bonds is 10. The molecule has 0 spiro atoms. The van der Waals surface area contributed by atoms with Gasteiger partial charge in [-0.05, 0) is 66.2 Å². The molecule has 4 aromatic rings. The van der Waals surface area contributed by atoms with Crippen LogP contribution >= 0.6 is 0 Å². The van der Waals surface area contributed by atoms with Gasteiger partial charge in [0.1, 0.15) is 17.1 Å². The summed E-state index contributed by atoms with van der Waals surface area (Å²) in [7, 11) is 0. The number of carboxylic acids is 1. The molecule has 2 aliphatic rings. The highest BCUT2D eigenvalue weighted by atomic mass is 16.4. The van der Waals surface area contributed by atoms with E-state index in [9.17, 15) is 19.8 Å². The summed E-state index contributed by atoms with van der Waals surface area (Å²) < 4.78 is 5.92. The van der Waals surface area contributed by atoms with Crippen LogP contribution in [0.3, 0.4) is 0 Å². The predicted molar refractivity (Wildman–Crippen MR) is 164 cm³/mol. The number of aromatic carboxylic acids is 1. The SMILES string of the molecule is O=C(O)c1cc(NCCN(Cc2ccccn2)Cc2ccccn2)ccc1-c1c2ccc(=O)cc-2oc2cc(O)ccc12. The number of aromatic hydroxyl groups is 1. The number of hydrogen-bond donors (Lipinski definition) is 3. The Hall–Kier alpha value is -5.54.